The molecule has 106 valence electrons. The van der Waals surface area contributed by atoms with Gasteiger partial charge in [0.2, 0.25) is 0 Å². The lowest BCUT2D eigenvalue weighted by atomic mass is 10.1. The highest BCUT2D eigenvalue weighted by atomic mass is 32.2. The van der Waals surface area contributed by atoms with Crippen molar-refractivity contribution in [2.75, 3.05) is 32.4 Å². The maximum atomic E-state index is 3.27. The second-order valence-electron chi connectivity index (χ2n) is 5.33. The number of piperidine rings is 1. The first-order valence-corrected chi connectivity index (χ1v) is 8.40. The fourth-order valence-electron chi connectivity index (χ4n) is 2.49. The minimum absolute atomic E-state index is 0.437. The van der Waals surface area contributed by atoms with Crippen LogP contribution in [0.25, 0.3) is 0 Å². The molecular formula is C16H26N2S. The zero-order valence-corrected chi connectivity index (χ0v) is 13.0. The van der Waals surface area contributed by atoms with Gasteiger partial charge in [-0.1, -0.05) is 18.6 Å². The van der Waals surface area contributed by atoms with Crippen LogP contribution >= 0.6 is 11.8 Å². The van der Waals surface area contributed by atoms with Gasteiger partial charge in [-0.2, -0.15) is 0 Å². The Labute approximate surface area is 122 Å². The second-order valence-corrected chi connectivity index (χ2v) is 6.50. The van der Waals surface area contributed by atoms with Crippen molar-refractivity contribution in [2.45, 2.75) is 37.1 Å². The van der Waals surface area contributed by atoms with E-state index in [4.69, 9.17) is 0 Å². The third-order valence-electron chi connectivity index (χ3n) is 3.94. The Bertz CT molecular complexity index is 358. The summed E-state index contributed by atoms with van der Waals surface area (Å²) in [6, 6.07) is 9.43. The summed E-state index contributed by atoms with van der Waals surface area (Å²) in [6.45, 7) is 6.04. The third-order valence-corrected chi connectivity index (χ3v) is 4.93. The number of nitrogens with one attached hydrogen (secondary N) is 1. The molecule has 3 heteroatoms. The molecule has 1 fully saturated rings. The maximum absolute atomic E-state index is 3.27. The van der Waals surface area contributed by atoms with Gasteiger partial charge in [-0.15, -0.1) is 11.8 Å². The van der Waals surface area contributed by atoms with Crippen molar-refractivity contribution in [3.05, 3.63) is 29.8 Å². The molecule has 0 aliphatic carbocycles. The van der Waals surface area contributed by atoms with Crippen LogP contribution in [-0.4, -0.2) is 37.3 Å². The van der Waals surface area contributed by atoms with E-state index in [-0.39, 0.29) is 0 Å². The first kappa shape index (κ1) is 14.9. The van der Waals surface area contributed by atoms with Crippen LogP contribution in [0.5, 0.6) is 0 Å². The molecule has 0 saturated carbocycles. The molecule has 1 aliphatic rings. The molecular weight excluding hydrogens is 252 g/mol. The quantitative estimate of drug-likeness (QED) is 0.801. The molecule has 0 spiro atoms. The number of hydrogen-bond acceptors (Lipinski definition) is 3. The summed E-state index contributed by atoms with van der Waals surface area (Å²) < 4.78 is 0. The highest BCUT2D eigenvalue weighted by Gasteiger charge is 2.09. The summed E-state index contributed by atoms with van der Waals surface area (Å²) in [5, 5.41) is 3.27. The smallest absolute Gasteiger partial charge is 0.0289 e. The Morgan fingerprint density at radius 2 is 1.84 bits per heavy atom. The van der Waals surface area contributed by atoms with Gasteiger partial charge in [0.15, 0.2) is 0 Å². The Balaban J connectivity index is 1.73. The first-order valence-electron chi connectivity index (χ1n) is 7.42. The Morgan fingerprint density at radius 3 is 2.47 bits per heavy atom. The van der Waals surface area contributed by atoms with E-state index in [0.29, 0.717) is 6.04 Å². The summed E-state index contributed by atoms with van der Waals surface area (Å²) in [7, 11) is 2.01. The Morgan fingerprint density at radius 1 is 1.16 bits per heavy atom. The van der Waals surface area contributed by atoms with Crippen LogP contribution in [0.15, 0.2) is 29.2 Å². The summed E-state index contributed by atoms with van der Waals surface area (Å²) >= 11 is 1.98. The molecule has 0 bridgehead atoms. The van der Waals surface area contributed by atoms with Crippen molar-refractivity contribution < 1.29 is 0 Å². The average Bonchev–Trinajstić information content (AvgIpc) is 2.48. The molecule has 1 aromatic rings. The van der Waals surface area contributed by atoms with E-state index in [0.717, 1.165) is 0 Å². The predicted molar refractivity (Wildman–Crippen MR) is 84.9 cm³/mol. The van der Waals surface area contributed by atoms with E-state index in [2.05, 4.69) is 41.4 Å². The van der Waals surface area contributed by atoms with Crippen LogP contribution in [-0.2, 0) is 0 Å². The number of nitrogens with zero attached hydrogens (tertiary/aromatic N) is 1. The van der Waals surface area contributed by atoms with Gasteiger partial charge in [0.25, 0.3) is 0 Å². The maximum Gasteiger partial charge on any atom is 0.0289 e. The van der Waals surface area contributed by atoms with Gasteiger partial charge < -0.3 is 10.2 Å². The Hall–Kier alpha value is -0.510. The molecule has 1 unspecified atom stereocenters. The number of rotatable bonds is 6. The Kier molecular flexibility index (Phi) is 6.21. The largest absolute Gasteiger partial charge is 0.313 e. The van der Waals surface area contributed by atoms with E-state index < -0.39 is 0 Å². The molecule has 1 N–H and O–H groups in total. The fraction of sp³-hybridized carbons (Fsp3) is 0.625. The highest BCUT2D eigenvalue weighted by Crippen LogP contribution is 2.21. The topological polar surface area (TPSA) is 15.3 Å². The third kappa shape index (κ3) is 4.83. The summed E-state index contributed by atoms with van der Waals surface area (Å²) in [5.74, 6) is 1.21. The molecule has 1 atom stereocenters. The molecule has 1 saturated heterocycles. The van der Waals surface area contributed by atoms with Crippen LogP contribution in [0, 0.1) is 0 Å². The van der Waals surface area contributed by atoms with Gasteiger partial charge in [0.1, 0.15) is 0 Å². The second kappa shape index (κ2) is 7.93. The van der Waals surface area contributed by atoms with E-state index in [1.165, 1.54) is 55.1 Å². The van der Waals surface area contributed by atoms with E-state index in [1.807, 2.05) is 18.8 Å². The molecule has 2 nitrogen and oxygen atoms in total. The van der Waals surface area contributed by atoms with Crippen molar-refractivity contribution in [3.8, 4) is 0 Å². The van der Waals surface area contributed by atoms with Gasteiger partial charge in [-0.05, 0) is 57.6 Å². The van der Waals surface area contributed by atoms with Crippen molar-refractivity contribution in [2.24, 2.45) is 0 Å². The normalized spacial score (nSPS) is 18.4. The van der Waals surface area contributed by atoms with Gasteiger partial charge in [-0.25, -0.2) is 0 Å². The fourth-order valence-corrected chi connectivity index (χ4v) is 3.41. The zero-order valence-electron chi connectivity index (χ0n) is 12.2. The van der Waals surface area contributed by atoms with Crippen LogP contribution in [0.1, 0.15) is 37.8 Å². The van der Waals surface area contributed by atoms with Crippen LogP contribution in [0.2, 0.25) is 0 Å². The first-order chi connectivity index (χ1) is 9.29. The van der Waals surface area contributed by atoms with Crippen LogP contribution < -0.4 is 5.32 Å². The molecule has 0 aromatic heterocycles. The lowest BCUT2D eigenvalue weighted by Gasteiger charge is -2.26. The van der Waals surface area contributed by atoms with Gasteiger partial charge in [-0.3, -0.25) is 0 Å². The van der Waals surface area contributed by atoms with Crippen molar-refractivity contribution in [1.82, 2.24) is 10.2 Å². The standard InChI is InChI=1S/C16H26N2S/c1-14(17-2)15-6-8-16(9-7-15)19-13-12-18-10-4-3-5-11-18/h6-9,14,17H,3-5,10-13H2,1-2H3. The highest BCUT2D eigenvalue weighted by molar-refractivity contribution is 7.99. The van der Waals surface area contributed by atoms with E-state index >= 15 is 0 Å². The SMILES string of the molecule is CNC(C)c1ccc(SCCN2CCCCC2)cc1. The van der Waals surface area contributed by atoms with Crippen LogP contribution in [0.3, 0.4) is 0 Å². The number of likely N-dealkylation sites (tertiary alicyclic amines) is 1. The van der Waals surface area contributed by atoms with Gasteiger partial charge in [0.05, 0.1) is 0 Å². The minimum Gasteiger partial charge on any atom is -0.313 e. The predicted octanol–water partition coefficient (Wildman–Crippen LogP) is 3.55. The number of hydrogen-bond donors (Lipinski definition) is 1. The average molecular weight is 278 g/mol. The van der Waals surface area contributed by atoms with Crippen LogP contribution in [0.4, 0.5) is 0 Å². The zero-order chi connectivity index (χ0) is 13.5. The molecule has 1 aromatic carbocycles. The molecule has 1 aliphatic heterocycles. The van der Waals surface area contributed by atoms with Crippen molar-refractivity contribution in [3.63, 3.8) is 0 Å². The molecule has 2 rings (SSSR count). The number of benzene rings is 1. The lowest BCUT2D eigenvalue weighted by molar-refractivity contribution is 0.242. The van der Waals surface area contributed by atoms with E-state index in [1.54, 1.807) is 0 Å². The molecule has 0 amide bonds. The lowest BCUT2D eigenvalue weighted by Crippen LogP contribution is -2.31. The number of thioether (sulfide) groups is 1. The van der Waals surface area contributed by atoms with Crippen molar-refractivity contribution in [1.29, 1.82) is 0 Å². The summed E-state index contributed by atoms with van der Waals surface area (Å²) in [4.78, 5) is 4.00. The summed E-state index contributed by atoms with van der Waals surface area (Å²) in [5.41, 5.74) is 1.36. The van der Waals surface area contributed by atoms with Crippen molar-refractivity contribution >= 4 is 11.8 Å². The monoisotopic (exact) mass is 278 g/mol. The van der Waals surface area contributed by atoms with Gasteiger partial charge >= 0.3 is 0 Å². The van der Waals surface area contributed by atoms with Gasteiger partial charge in [0, 0.05) is 23.2 Å². The molecule has 1 heterocycles. The minimum atomic E-state index is 0.437. The summed E-state index contributed by atoms with van der Waals surface area (Å²) in [6.07, 6.45) is 4.21. The van der Waals surface area contributed by atoms with E-state index in [9.17, 15) is 0 Å². The molecule has 0 radical (unpaired) electrons. The molecule has 19 heavy (non-hydrogen) atoms.